The third-order valence-electron chi connectivity index (χ3n) is 15.9. The Labute approximate surface area is 382 Å². The topological polar surface area (TPSA) is 22.9 Å². The second-order valence-corrected chi connectivity index (χ2v) is 23.1. The van der Waals surface area contributed by atoms with Crippen molar-refractivity contribution in [3.05, 3.63) is 149 Å². The molecule has 0 radical (unpaired) electrons. The lowest BCUT2D eigenvalue weighted by Gasteiger charge is -2.50. The molecule has 4 nitrogen and oxygen atoms in total. The molecule has 1 saturated carbocycles. The third kappa shape index (κ3) is 5.87. The van der Waals surface area contributed by atoms with Gasteiger partial charge in [-0.25, -0.2) is 0 Å². The van der Waals surface area contributed by atoms with Crippen LogP contribution in [0.1, 0.15) is 130 Å². The number of anilines is 8. The van der Waals surface area contributed by atoms with Crippen LogP contribution in [0.15, 0.2) is 126 Å². The molecule has 2 unspecified atom stereocenters. The number of hydrogen-bond acceptors (Lipinski definition) is 4. The summed E-state index contributed by atoms with van der Waals surface area (Å²) in [5, 5.41) is 1.14. The molecule has 1 aliphatic carbocycles. The van der Waals surface area contributed by atoms with E-state index in [9.17, 15) is 0 Å². The lowest BCUT2D eigenvalue weighted by Crippen LogP contribution is -2.61. The summed E-state index contributed by atoms with van der Waals surface area (Å²) in [6.45, 7) is 27.9. The molecule has 0 amide bonds. The van der Waals surface area contributed by atoms with Gasteiger partial charge in [-0.15, -0.1) is 0 Å². The average molecular weight is 842 g/mol. The number of nitrogens with zero attached hydrogens (tertiary/aromatic N) is 3. The smallest absolute Gasteiger partial charge is 0.297 e. The standard InChI is InChI=1S/C59H64BN3O/c1-37-33-49-52-50(34-37)62(42-26-21-39(22-27-42)56(5,6)7)53-44-29-28-43(63-47-18-14-13-17-45(47)58(11)31-15-16-32-59(58,63)12)36-51(44)64-54(53)60(52)46-35-40(57(8,9)10)23-30-48(46)61(49)41-24-19-38(20-25-41)55(2,3)4/h13-14,17-30,33-36H,15-16,31-32H2,1-12H3. The first-order valence-corrected chi connectivity index (χ1v) is 23.8. The zero-order valence-corrected chi connectivity index (χ0v) is 40.2. The number of rotatable bonds is 3. The van der Waals surface area contributed by atoms with Crippen molar-refractivity contribution in [3.8, 4) is 0 Å². The van der Waals surface area contributed by atoms with Gasteiger partial charge in [0.25, 0.3) is 6.71 Å². The zero-order valence-electron chi connectivity index (χ0n) is 40.2. The largest absolute Gasteiger partial charge is 0.468 e. The van der Waals surface area contributed by atoms with Crippen LogP contribution >= 0.6 is 0 Å². The first-order chi connectivity index (χ1) is 30.3. The minimum atomic E-state index is -0.115. The number of para-hydroxylation sites is 1. The molecular formula is C59H64BN3O. The summed E-state index contributed by atoms with van der Waals surface area (Å²) in [7, 11) is 0. The highest BCUT2D eigenvalue weighted by Gasteiger charge is 2.57. The second kappa shape index (κ2) is 13.7. The lowest BCUT2D eigenvalue weighted by atomic mass is 9.35. The predicted molar refractivity (Wildman–Crippen MR) is 274 cm³/mol. The fraction of sp³-hybridized carbons (Fsp3) is 0.356. The Kier molecular flexibility index (Phi) is 8.77. The summed E-state index contributed by atoms with van der Waals surface area (Å²) in [5.74, 6) is 0. The van der Waals surface area contributed by atoms with E-state index in [-0.39, 0.29) is 33.9 Å². The number of benzene rings is 6. The summed E-state index contributed by atoms with van der Waals surface area (Å²) in [5.41, 5.74) is 20.9. The molecule has 3 aliphatic heterocycles. The van der Waals surface area contributed by atoms with Crippen molar-refractivity contribution in [1.82, 2.24) is 0 Å². The Balaban J connectivity index is 1.19. The van der Waals surface area contributed by atoms with Crippen LogP contribution in [0.25, 0.3) is 11.0 Å². The van der Waals surface area contributed by atoms with Crippen molar-refractivity contribution in [3.63, 3.8) is 0 Å². The Hall–Kier alpha value is -5.68. The Morgan fingerprint density at radius 2 is 1.11 bits per heavy atom. The van der Waals surface area contributed by atoms with E-state index in [2.05, 4.69) is 219 Å². The zero-order chi connectivity index (χ0) is 44.9. The van der Waals surface area contributed by atoms with Gasteiger partial charge in [-0.1, -0.05) is 137 Å². The maximum atomic E-state index is 7.57. The van der Waals surface area contributed by atoms with E-state index in [4.69, 9.17) is 4.42 Å². The van der Waals surface area contributed by atoms with E-state index in [1.54, 1.807) is 0 Å². The maximum absolute atomic E-state index is 7.57. The highest BCUT2D eigenvalue weighted by atomic mass is 16.3. The molecule has 1 fully saturated rings. The Bertz CT molecular complexity index is 3010. The number of hydrogen-bond donors (Lipinski definition) is 0. The first kappa shape index (κ1) is 41.1. The highest BCUT2D eigenvalue weighted by Crippen LogP contribution is 2.61. The monoisotopic (exact) mass is 842 g/mol. The molecule has 324 valence electrons. The van der Waals surface area contributed by atoms with Gasteiger partial charge < -0.3 is 19.1 Å². The van der Waals surface area contributed by atoms with Crippen molar-refractivity contribution in [2.24, 2.45) is 0 Å². The van der Waals surface area contributed by atoms with E-state index in [1.165, 1.54) is 92.1 Å². The molecule has 4 aliphatic rings. The van der Waals surface area contributed by atoms with Crippen molar-refractivity contribution < 1.29 is 4.42 Å². The molecule has 1 aromatic heterocycles. The number of fused-ring (bicyclic) bond motifs is 9. The SMILES string of the molecule is Cc1cc2c3c(c1)N(c1ccc(C(C)(C)C)cc1)c1c(oc4cc(N5c6ccccc6C6(C)CCCCC56C)ccc14)B3c1cc(C(C)(C)C)ccc1N2c1ccc(C(C)(C)C)cc1. The molecule has 11 rings (SSSR count). The van der Waals surface area contributed by atoms with Gasteiger partial charge in [0.2, 0.25) is 0 Å². The molecule has 64 heavy (non-hydrogen) atoms. The summed E-state index contributed by atoms with van der Waals surface area (Å²) in [6, 6.07) is 46.9. The van der Waals surface area contributed by atoms with Gasteiger partial charge in [-0.3, -0.25) is 0 Å². The molecule has 0 N–H and O–H groups in total. The summed E-state index contributed by atoms with van der Waals surface area (Å²) in [6.07, 6.45) is 4.87. The van der Waals surface area contributed by atoms with Crippen LogP contribution in [0.4, 0.5) is 45.5 Å². The number of furan rings is 1. The minimum Gasteiger partial charge on any atom is -0.468 e. The van der Waals surface area contributed by atoms with E-state index < -0.39 is 0 Å². The van der Waals surface area contributed by atoms with Gasteiger partial charge in [-0.2, -0.15) is 0 Å². The normalized spacial score (nSPS) is 20.2. The molecule has 7 aromatic rings. The van der Waals surface area contributed by atoms with E-state index >= 15 is 0 Å². The lowest BCUT2D eigenvalue weighted by molar-refractivity contribution is 0.195. The van der Waals surface area contributed by atoms with Gasteiger partial charge >= 0.3 is 0 Å². The summed E-state index contributed by atoms with van der Waals surface area (Å²) in [4.78, 5) is 7.73. The molecule has 0 spiro atoms. The van der Waals surface area contributed by atoms with Crippen LogP contribution in [-0.4, -0.2) is 12.3 Å². The molecule has 6 aromatic carbocycles. The summed E-state index contributed by atoms with van der Waals surface area (Å²) < 4.78 is 7.57. The Morgan fingerprint density at radius 3 is 1.75 bits per heavy atom. The molecule has 0 bridgehead atoms. The van der Waals surface area contributed by atoms with Gasteiger partial charge in [0, 0.05) is 56.7 Å². The van der Waals surface area contributed by atoms with Crippen LogP contribution < -0.4 is 31.3 Å². The van der Waals surface area contributed by atoms with Crippen molar-refractivity contribution in [2.45, 2.75) is 136 Å². The fourth-order valence-electron chi connectivity index (χ4n) is 12.1. The van der Waals surface area contributed by atoms with Crippen LogP contribution in [0.5, 0.6) is 0 Å². The van der Waals surface area contributed by atoms with Gasteiger partial charge in [0.15, 0.2) is 0 Å². The molecule has 0 saturated heterocycles. The third-order valence-corrected chi connectivity index (χ3v) is 15.9. The van der Waals surface area contributed by atoms with Crippen molar-refractivity contribution in [2.75, 3.05) is 14.7 Å². The van der Waals surface area contributed by atoms with Crippen LogP contribution in [0, 0.1) is 6.92 Å². The van der Waals surface area contributed by atoms with Gasteiger partial charge in [0.05, 0.1) is 16.9 Å². The van der Waals surface area contributed by atoms with Crippen LogP contribution in [0.2, 0.25) is 0 Å². The van der Waals surface area contributed by atoms with Gasteiger partial charge in [0.1, 0.15) is 5.58 Å². The van der Waals surface area contributed by atoms with E-state index in [0.29, 0.717) is 0 Å². The maximum Gasteiger partial charge on any atom is 0.297 e. The quantitative estimate of drug-likeness (QED) is 0.165. The molecule has 4 heterocycles. The van der Waals surface area contributed by atoms with E-state index in [0.717, 1.165) is 34.4 Å². The van der Waals surface area contributed by atoms with E-state index in [1.807, 2.05) is 0 Å². The highest BCUT2D eigenvalue weighted by molar-refractivity contribution is 7.00. The Morgan fingerprint density at radius 1 is 0.547 bits per heavy atom. The van der Waals surface area contributed by atoms with Crippen LogP contribution in [0.3, 0.4) is 0 Å². The second-order valence-electron chi connectivity index (χ2n) is 23.1. The number of aryl methyl sites for hydroxylation is 1. The first-order valence-electron chi connectivity index (χ1n) is 23.8. The predicted octanol–water partition coefficient (Wildman–Crippen LogP) is 14.5. The molecule has 2 atom stereocenters. The fourth-order valence-corrected chi connectivity index (χ4v) is 12.1. The van der Waals surface area contributed by atoms with Crippen molar-refractivity contribution in [1.29, 1.82) is 0 Å². The van der Waals surface area contributed by atoms with Gasteiger partial charge in [-0.05, 0) is 142 Å². The average Bonchev–Trinajstić information content (AvgIpc) is 3.72. The molecular weight excluding hydrogens is 777 g/mol. The minimum absolute atomic E-state index is 0.0364. The summed E-state index contributed by atoms with van der Waals surface area (Å²) >= 11 is 0. The van der Waals surface area contributed by atoms with Crippen molar-refractivity contribution >= 4 is 79.8 Å². The molecule has 5 heteroatoms. The van der Waals surface area contributed by atoms with Crippen LogP contribution in [-0.2, 0) is 21.7 Å².